The molecule has 6 rings (SSSR count). The molecular weight excluding hydrogens is 294 g/mol. The third-order valence-electron chi connectivity index (χ3n) is 7.12. The van der Waals surface area contributed by atoms with Crippen LogP contribution in [0.5, 0.6) is 0 Å². The number of ether oxygens (including phenoxy) is 1. The minimum absolute atomic E-state index is 0.0446. The van der Waals surface area contributed by atoms with Crippen molar-refractivity contribution >= 4 is 17.7 Å². The van der Waals surface area contributed by atoms with E-state index >= 15 is 0 Å². The van der Waals surface area contributed by atoms with Gasteiger partial charge in [-0.1, -0.05) is 0 Å². The lowest BCUT2D eigenvalue weighted by atomic mass is 9.49. The number of hydrogen-bond donors (Lipinski definition) is 0. The summed E-state index contributed by atoms with van der Waals surface area (Å²) < 4.78 is 5.98. The van der Waals surface area contributed by atoms with Crippen molar-refractivity contribution in [1.29, 1.82) is 0 Å². The molecule has 4 bridgehead atoms. The summed E-state index contributed by atoms with van der Waals surface area (Å²) in [4.78, 5) is 15.6. The molecule has 1 spiro atoms. The van der Waals surface area contributed by atoms with Gasteiger partial charge in [0, 0.05) is 31.7 Å². The summed E-state index contributed by atoms with van der Waals surface area (Å²) in [6.07, 6.45) is 9.92. The normalized spacial score (nSPS) is 45.6. The fourth-order valence-corrected chi connectivity index (χ4v) is 7.72. The molecule has 0 atom stereocenters. The maximum atomic E-state index is 13.3. The van der Waals surface area contributed by atoms with E-state index in [0.29, 0.717) is 5.91 Å². The number of likely N-dealkylation sites (tertiary alicyclic amines) is 1. The van der Waals surface area contributed by atoms with E-state index in [9.17, 15) is 4.79 Å². The molecule has 22 heavy (non-hydrogen) atoms. The monoisotopic (exact) mass is 321 g/mol. The number of thioether (sulfide) groups is 1. The second-order valence-electron chi connectivity index (χ2n) is 8.60. The zero-order valence-electron chi connectivity index (χ0n) is 13.4. The highest BCUT2D eigenvalue weighted by molar-refractivity contribution is 8.00. The van der Waals surface area contributed by atoms with E-state index in [1.54, 1.807) is 0 Å². The van der Waals surface area contributed by atoms with Gasteiger partial charge in [-0.05, 0) is 56.3 Å². The van der Waals surface area contributed by atoms with Crippen LogP contribution in [0.4, 0.5) is 0 Å². The Labute approximate surface area is 137 Å². The van der Waals surface area contributed by atoms with E-state index in [2.05, 4.69) is 4.90 Å². The van der Waals surface area contributed by atoms with Gasteiger partial charge in [0.25, 0.3) is 0 Å². The van der Waals surface area contributed by atoms with Gasteiger partial charge in [-0.3, -0.25) is 4.79 Å². The molecule has 2 saturated heterocycles. The summed E-state index contributed by atoms with van der Waals surface area (Å²) in [5.41, 5.74) is 0.0446. The highest BCUT2D eigenvalue weighted by Gasteiger charge is 2.56. The first-order chi connectivity index (χ1) is 10.7. The first-order valence-electron chi connectivity index (χ1n) is 9.24. The minimum atomic E-state index is 0.0446. The molecule has 6 fully saturated rings. The maximum Gasteiger partial charge on any atom is 0.228 e. The second kappa shape index (κ2) is 4.89. The van der Waals surface area contributed by atoms with Crippen LogP contribution >= 0.6 is 11.8 Å². The molecule has 4 heteroatoms. The smallest absolute Gasteiger partial charge is 0.228 e. The van der Waals surface area contributed by atoms with Crippen molar-refractivity contribution in [3.63, 3.8) is 0 Å². The summed E-state index contributed by atoms with van der Waals surface area (Å²) in [6.45, 7) is 2.74. The van der Waals surface area contributed by atoms with Crippen LogP contribution < -0.4 is 0 Å². The summed E-state index contributed by atoms with van der Waals surface area (Å²) in [5, 5.41) is 0. The Morgan fingerprint density at radius 3 is 2.09 bits per heavy atom. The number of hydrogen-bond acceptors (Lipinski definition) is 3. The van der Waals surface area contributed by atoms with Gasteiger partial charge in [0.15, 0.2) is 0 Å². The van der Waals surface area contributed by atoms with Crippen molar-refractivity contribution < 1.29 is 9.53 Å². The Morgan fingerprint density at radius 1 is 1.00 bits per heavy atom. The van der Waals surface area contributed by atoms with Gasteiger partial charge in [-0.15, -0.1) is 11.8 Å². The summed E-state index contributed by atoms with van der Waals surface area (Å²) >= 11 is 1.98. The Hall–Kier alpha value is -0.220. The van der Waals surface area contributed by atoms with E-state index in [-0.39, 0.29) is 10.3 Å². The van der Waals surface area contributed by atoms with Gasteiger partial charge in [-0.2, -0.15) is 0 Å². The summed E-state index contributed by atoms with van der Waals surface area (Å²) in [7, 11) is 0. The lowest BCUT2D eigenvalue weighted by Gasteiger charge is -2.57. The maximum absolute atomic E-state index is 13.3. The minimum Gasteiger partial charge on any atom is -0.363 e. The number of carbonyl (C=O) groups excluding carboxylic acids is 1. The largest absolute Gasteiger partial charge is 0.363 e. The highest BCUT2D eigenvalue weighted by Crippen LogP contribution is 2.60. The van der Waals surface area contributed by atoms with Crippen LogP contribution in [0, 0.1) is 23.2 Å². The van der Waals surface area contributed by atoms with Crippen LogP contribution in [0.1, 0.15) is 51.4 Å². The molecule has 2 aliphatic heterocycles. The van der Waals surface area contributed by atoms with Crippen molar-refractivity contribution in [2.24, 2.45) is 23.2 Å². The van der Waals surface area contributed by atoms with Gasteiger partial charge >= 0.3 is 0 Å². The molecule has 0 aromatic carbocycles. The molecule has 4 saturated carbocycles. The molecule has 0 radical (unpaired) electrons. The average molecular weight is 321 g/mol. The fraction of sp³-hybridized carbons (Fsp3) is 0.944. The van der Waals surface area contributed by atoms with Gasteiger partial charge < -0.3 is 9.64 Å². The van der Waals surface area contributed by atoms with Crippen LogP contribution in [-0.2, 0) is 9.53 Å². The van der Waals surface area contributed by atoms with Crippen LogP contribution in [0.15, 0.2) is 0 Å². The first-order valence-corrected chi connectivity index (χ1v) is 10.2. The standard InChI is InChI=1S/C18H27NO2S/c20-16(19-3-1-18(2-4-19)21-5-6-22-18)17-10-13-7-14(11-17)9-15(8-13)12-17/h13-15H,1-12H2. The molecule has 122 valence electrons. The predicted molar refractivity (Wildman–Crippen MR) is 87.6 cm³/mol. The topological polar surface area (TPSA) is 29.5 Å². The number of carbonyl (C=O) groups is 1. The molecule has 0 aromatic rings. The van der Waals surface area contributed by atoms with E-state index in [1.165, 1.54) is 38.5 Å². The molecule has 0 unspecified atom stereocenters. The Kier molecular flexibility index (Phi) is 3.14. The van der Waals surface area contributed by atoms with Crippen molar-refractivity contribution in [3.8, 4) is 0 Å². The van der Waals surface area contributed by atoms with Crippen LogP contribution in [0.25, 0.3) is 0 Å². The number of nitrogens with zero attached hydrogens (tertiary/aromatic N) is 1. The SMILES string of the molecule is O=C(N1CCC2(CC1)OCCS2)C12CC3CC(CC(C3)C1)C2. The Balaban J connectivity index is 1.31. The zero-order valence-corrected chi connectivity index (χ0v) is 14.2. The van der Waals surface area contributed by atoms with E-state index < -0.39 is 0 Å². The first kappa shape index (κ1) is 14.2. The Morgan fingerprint density at radius 2 is 1.59 bits per heavy atom. The van der Waals surface area contributed by atoms with Crippen molar-refractivity contribution in [2.75, 3.05) is 25.4 Å². The van der Waals surface area contributed by atoms with Crippen LogP contribution in [-0.4, -0.2) is 41.2 Å². The van der Waals surface area contributed by atoms with Crippen molar-refractivity contribution in [1.82, 2.24) is 4.90 Å². The van der Waals surface area contributed by atoms with Crippen molar-refractivity contribution in [2.45, 2.75) is 56.3 Å². The predicted octanol–water partition coefficient (Wildman–Crippen LogP) is 3.28. The zero-order chi connectivity index (χ0) is 14.8. The van der Waals surface area contributed by atoms with E-state index in [0.717, 1.165) is 56.0 Å². The van der Waals surface area contributed by atoms with E-state index in [4.69, 9.17) is 4.74 Å². The number of rotatable bonds is 1. The Bertz CT molecular complexity index is 440. The quantitative estimate of drug-likeness (QED) is 0.742. The lowest BCUT2D eigenvalue weighted by Crippen LogP contribution is -2.56. The summed E-state index contributed by atoms with van der Waals surface area (Å²) in [6, 6.07) is 0. The molecule has 6 aliphatic rings. The summed E-state index contributed by atoms with van der Waals surface area (Å²) in [5.74, 6) is 4.23. The number of amides is 1. The third kappa shape index (κ3) is 2.09. The fourth-order valence-electron chi connectivity index (χ4n) is 6.54. The van der Waals surface area contributed by atoms with E-state index in [1.807, 2.05) is 11.8 Å². The molecule has 1 amide bonds. The van der Waals surface area contributed by atoms with Crippen LogP contribution in [0.3, 0.4) is 0 Å². The van der Waals surface area contributed by atoms with Gasteiger partial charge in [0.1, 0.15) is 4.93 Å². The van der Waals surface area contributed by atoms with Crippen LogP contribution in [0.2, 0.25) is 0 Å². The van der Waals surface area contributed by atoms with Crippen molar-refractivity contribution in [3.05, 3.63) is 0 Å². The third-order valence-corrected chi connectivity index (χ3v) is 8.54. The second-order valence-corrected chi connectivity index (χ2v) is 10.0. The molecular formula is C18H27NO2S. The average Bonchev–Trinajstić information content (AvgIpc) is 2.94. The van der Waals surface area contributed by atoms with Gasteiger partial charge in [0.05, 0.1) is 12.0 Å². The molecule has 4 aliphatic carbocycles. The molecule has 2 heterocycles. The number of piperidine rings is 1. The highest BCUT2D eigenvalue weighted by atomic mass is 32.2. The van der Waals surface area contributed by atoms with Gasteiger partial charge in [0.2, 0.25) is 5.91 Å². The van der Waals surface area contributed by atoms with Gasteiger partial charge in [-0.25, -0.2) is 0 Å². The molecule has 3 nitrogen and oxygen atoms in total. The molecule has 0 N–H and O–H groups in total. The molecule has 0 aromatic heterocycles. The lowest BCUT2D eigenvalue weighted by molar-refractivity contribution is -0.160.